The van der Waals surface area contributed by atoms with E-state index in [0.717, 1.165) is 5.57 Å². The largest absolute Gasteiger partial charge is 0.480 e. The van der Waals surface area contributed by atoms with Crippen LogP contribution in [-0.4, -0.2) is 53.0 Å². The zero-order chi connectivity index (χ0) is 27.8. The number of ether oxygens (including phenoxy) is 2. The lowest BCUT2D eigenvalue weighted by Gasteiger charge is -2.32. The van der Waals surface area contributed by atoms with Crippen molar-refractivity contribution in [3.05, 3.63) is 58.3 Å². The number of carbonyl (C=O) groups is 1. The molecule has 0 radical (unpaired) electrons. The van der Waals surface area contributed by atoms with Gasteiger partial charge in [-0.05, 0) is 66.4 Å². The van der Waals surface area contributed by atoms with Crippen molar-refractivity contribution >= 4 is 47.1 Å². The van der Waals surface area contributed by atoms with Crippen LogP contribution < -0.4 is 15.8 Å². The van der Waals surface area contributed by atoms with E-state index in [0.29, 0.717) is 73.7 Å². The van der Waals surface area contributed by atoms with E-state index in [2.05, 4.69) is 15.3 Å². The van der Waals surface area contributed by atoms with Gasteiger partial charge >= 0.3 is 12.1 Å². The standard InChI is InChI=1S/C27H28ClF3N4O4.ClH/c28-17-1-2-18(19(11-17)15-5-9-38-10-6-15)23(27(29,30)31)39-22-12-20(34-25(32)35-22)16-3-7-26(8-4-16)13-21(24(36)37)33-14-26;/h1-3,5,11-12,21,23,33H,4,6-10,13-14H2,(H,36,37)(H2,32,34,35);1H. The van der Waals surface area contributed by atoms with E-state index in [-0.39, 0.29) is 35.2 Å². The summed E-state index contributed by atoms with van der Waals surface area (Å²) in [6, 6.07) is 5.02. The Morgan fingerprint density at radius 2 is 2.02 bits per heavy atom. The molecule has 2 aromatic rings. The second-order valence-electron chi connectivity index (χ2n) is 10.2. The molecule has 0 amide bonds. The van der Waals surface area contributed by atoms with Gasteiger partial charge in [-0.2, -0.15) is 18.2 Å². The number of allylic oxidation sites excluding steroid dienone is 2. The Morgan fingerprint density at radius 3 is 2.65 bits per heavy atom. The highest BCUT2D eigenvalue weighted by Crippen LogP contribution is 2.45. The summed E-state index contributed by atoms with van der Waals surface area (Å²) in [5, 5.41) is 12.7. The summed E-state index contributed by atoms with van der Waals surface area (Å²) in [6.45, 7) is 1.28. The number of nitrogens with one attached hydrogen (secondary N) is 1. The molecule has 3 aliphatic rings. The number of carboxylic acid groups (broad SMARTS) is 1. The van der Waals surface area contributed by atoms with Gasteiger partial charge in [-0.15, -0.1) is 12.4 Å². The zero-order valence-electron chi connectivity index (χ0n) is 21.3. The van der Waals surface area contributed by atoms with Crippen LogP contribution in [0, 0.1) is 5.41 Å². The second-order valence-corrected chi connectivity index (χ2v) is 10.6. The Labute approximate surface area is 240 Å². The number of halogens is 5. The maximum atomic E-state index is 14.4. The summed E-state index contributed by atoms with van der Waals surface area (Å²) in [5.41, 5.74) is 7.88. The third-order valence-corrected chi connectivity index (χ3v) is 7.79. The van der Waals surface area contributed by atoms with Crippen molar-refractivity contribution in [2.75, 3.05) is 25.5 Å². The molecule has 1 aromatic carbocycles. The molecule has 1 aliphatic carbocycles. The number of carboxylic acids is 1. The first-order valence-electron chi connectivity index (χ1n) is 12.6. The molecule has 1 fully saturated rings. The fraction of sp³-hybridized carbons (Fsp3) is 0.444. The van der Waals surface area contributed by atoms with Crippen LogP contribution in [-0.2, 0) is 9.53 Å². The second kappa shape index (κ2) is 11.9. The molecule has 3 atom stereocenters. The van der Waals surface area contributed by atoms with Crippen LogP contribution >= 0.6 is 24.0 Å². The molecule has 1 spiro atoms. The maximum absolute atomic E-state index is 14.4. The number of aliphatic carboxylic acids is 1. The van der Waals surface area contributed by atoms with Crippen LogP contribution in [0.25, 0.3) is 11.1 Å². The fourth-order valence-electron chi connectivity index (χ4n) is 5.52. The van der Waals surface area contributed by atoms with Crippen molar-refractivity contribution in [1.29, 1.82) is 0 Å². The van der Waals surface area contributed by atoms with Gasteiger partial charge < -0.3 is 25.6 Å². The molecule has 3 heterocycles. The highest BCUT2D eigenvalue weighted by atomic mass is 35.5. The first kappa shape index (κ1) is 30.1. The number of nitrogens with two attached hydrogens (primary N) is 1. The van der Waals surface area contributed by atoms with Gasteiger partial charge in [-0.1, -0.05) is 29.8 Å². The molecule has 0 saturated carbocycles. The number of nitrogen functional groups attached to an aromatic ring is 1. The summed E-state index contributed by atoms with van der Waals surface area (Å²) >= 11 is 6.15. The number of aromatic nitrogens is 2. The van der Waals surface area contributed by atoms with Gasteiger partial charge in [-0.3, -0.25) is 4.79 Å². The van der Waals surface area contributed by atoms with Gasteiger partial charge in [0.1, 0.15) is 6.04 Å². The summed E-state index contributed by atoms with van der Waals surface area (Å²) < 4.78 is 54.1. The van der Waals surface area contributed by atoms with Gasteiger partial charge in [0.15, 0.2) is 0 Å². The summed E-state index contributed by atoms with van der Waals surface area (Å²) in [6.07, 6.45) is -0.509. The van der Waals surface area contributed by atoms with Crippen molar-refractivity contribution < 1.29 is 32.5 Å². The third-order valence-electron chi connectivity index (χ3n) is 7.56. The van der Waals surface area contributed by atoms with Crippen molar-refractivity contribution in [1.82, 2.24) is 15.3 Å². The van der Waals surface area contributed by atoms with E-state index in [9.17, 15) is 23.1 Å². The Kier molecular flexibility index (Phi) is 8.99. The van der Waals surface area contributed by atoms with Gasteiger partial charge in [0, 0.05) is 23.2 Å². The van der Waals surface area contributed by atoms with Crippen molar-refractivity contribution in [2.45, 2.75) is 50.4 Å². The van der Waals surface area contributed by atoms with Crippen molar-refractivity contribution in [3.63, 3.8) is 0 Å². The van der Waals surface area contributed by atoms with Crippen LogP contribution in [0.4, 0.5) is 19.1 Å². The fourth-order valence-corrected chi connectivity index (χ4v) is 5.69. The summed E-state index contributed by atoms with van der Waals surface area (Å²) in [7, 11) is 0. The number of rotatable bonds is 6. The highest BCUT2D eigenvalue weighted by Gasteiger charge is 2.45. The Balaban J connectivity index is 0.00000370. The molecule has 40 heavy (non-hydrogen) atoms. The molecular formula is C27H29Cl2F3N4O4. The highest BCUT2D eigenvalue weighted by molar-refractivity contribution is 6.30. The predicted molar refractivity (Wildman–Crippen MR) is 146 cm³/mol. The molecule has 216 valence electrons. The molecule has 13 heteroatoms. The minimum atomic E-state index is -4.76. The lowest BCUT2D eigenvalue weighted by atomic mass is 9.73. The predicted octanol–water partition coefficient (Wildman–Crippen LogP) is 5.62. The van der Waals surface area contributed by atoms with Crippen LogP contribution in [0.3, 0.4) is 0 Å². The van der Waals surface area contributed by atoms with Crippen molar-refractivity contribution in [3.8, 4) is 5.88 Å². The Bertz CT molecular complexity index is 1340. The maximum Gasteiger partial charge on any atom is 0.429 e. The topological polar surface area (TPSA) is 120 Å². The van der Waals surface area contributed by atoms with E-state index >= 15 is 0 Å². The lowest BCUT2D eigenvalue weighted by Crippen LogP contribution is -2.30. The lowest BCUT2D eigenvalue weighted by molar-refractivity contribution is -0.198. The number of hydrogen-bond donors (Lipinski definition) is 3. The van der Waals surface area contributed by atoms with E-state index in [1.807, 2.05) is 6.08 Å². The van der Waals surface area contributed by atoms with Crippen LogP contribution in [0.15, 0.2) is 36.4 Å². The van der Waals surface area contributed by atoms with Gasteiger partial charge in [-0.25, -0.2) is 4.98 Å². The first-order chi connectivity index (χ1) is 18.5. The average molecular weight is 601 g/mol. The minimum Gasteiger partial charge on any atom is -0.480 e. The van der Waals surface area contributed by atoms with Gasteiger partial charge in [0.2, 0.25) is 17.9 Å². The van der Waals surface area contributed by atoms with Crippen molar-refractivity contribution in [2.24, 2.45) is 5.41 Å². The van der Waals surface area contributed by atoms with E-state index < -0.39 is 24.3 Å². The molecule has 3 unspecified atom stereocenters. The smallest absolute Gasteiger partial charge is 0.429 e. The minimum absolute atomic E-state index is 0. The average Bonchev–Trinajstić information content (AvgIpc) is 3.31. The van der Waals surface area contributed by atoms with Crippen LogP contribution in [0.1, 0.15) is 55.0 Å². The molecule has 0 bridgehead atoms. The summed E-state index contributed by atoms with van der Waals surface area (Å²) in [4.78, 5) is 19.6. The number of hydrogen-bond acceptors (Lipinski definition) is 7. The Morgan fingerprint density at radius 1 is 1.23 bits per heavy atom. The van der Waals surface area contributed by atoms with Crippen LogP contribution in [0.5, 0.6) is 5.88 Å². The third kappa shape index (κ3) is 6.54. The SMILES string of the molecule is Cl.Nc1nc(OC(c2ccc(Cl)cc2C2=CCOCC2)C(F)(F)F)cc(C2=CCC3(CC2)CNC(C(=O)O)C3)n1. The van der Waals surface area contributed by atoms with E-state index in [1.54, 1.807) is 6.08 Å². The van der Waals surface area contributed by atoms with E-state index in [4.69, 9.17) is 26.8 Å². The van der Waals surface area contributed by atoms with Gasteiger partial charge in [0.25, 0.3) is 0 Å². The quantitative estimate of drug-likeness (QED) is 0.391. The van der Waals surface area contributed by atoms with Gasteiger partial charge in [0.05, 0.1) is 18.9 Å². The monoisotopic (exact) mass is 600 g/mol. The number of nitrogens with zero attached hydrogens (tertiary/aromatic N) is 2. The first-order valence-corrected chi connectivity index (χ1v) is 13.0. The van der Waals surface area contributed by atoms with E-state index in [1.165, 1.54) is 24.3 Å². The molecule has 1 aromatic heterocycles. The number of anilines is 1. The molecular weight excluding hydrogens is 572 g/mol. The number of alkyl halides is 3. The van der Waals surface area contributed by atoms with Crippen LogP contribution in [0.2, 0.25) is 5.02 Å². The molecule has 2 aliphatic heterocycles. The normalized spacial score (nSPS) is 23.6. The molecule has 8 nitrogen and oxygen atoms in total. The summed E-state index contributed by atoms with van der Waals surface area (Å²) in [5.74, 6) is -1.37. The Hall–Kier alpha value is -2.86. The molecule has 1 saturated heterocycles. The zero-order valence-corrected chi connectivity index (χ0v) is 22.9. The molecule has 5 rings (SSSR count). The number of benzene rings is 1. The molecule has 4 N–H and O–H groups in total.